The third kappa shape index (κ3) is 3.10. The Hall–Kier alpha value is -1.49. The first-order valence-corrected chi connectivity index (χ1v) is 7.58. The monoisotopic (exact) mass is 276 g/mol. The Morgan fingerprint density at radius 2 is 2.11 bits per heavy atom. The van der Waals surface area contributed by atoms with Crippen LogP contribution in [0.2, 0.25) is 0 Å². The topological polar surface area (TPSA) is 59.2 Å². The van der Waals surface area contributed by atoms with Crippen LogP contribution in [0.4, 0.5) is 0 Å². The van der Waals surface area contributed by atoms with Gasteiger partial charge >= 0.3 is 0 Å². The Morgan fingerprint density at radius 1 is 1.26 bits per heavy atom. The van der Waals surface area contributed by atoms with Crippen molar-refractivity contribution in [2.75, 3.05) is 5.75 Å². The molecule has 0 saturated carbocycles. The maximum Gasteiger partial charge on any atom is 0.231 e. The van der Waals surface area contributed by atoms with Crippen molar-refractivity contribution in [2.24, 2.45) is 0 Å². The summed E-state index contributed by atoms with van der Waals surface area (Å²) in [6, 6.07) is 7.08. The van der Waals surface area contributed by atoms with Gasteiger partial charge in [-0.05, 0) is 36.3 Å². The van der Waals surface area contributed by atoms with Crippen molar-refractivity contribution in [2.45, 2.75) is 30.9 Å². The van der Waals surface area contributed by atoms with Gasteiger partial charge in [-0.15, -0.1) is 0 Å². The number of thioether (sulfide) groups is 1. The van der Waals surface area contributed by atoms with E-state index >= 15 is 0 Å². The second-order valence-corrected chi connectivity index (χ2v) is 6.06. The van der Waals surface area contributed by atoms with Crippen LogP contribution in [0.5, 0.6) is 5.75 Å². The van der Waals surface area contributed by atoms with Gasteiger partial charge in [0.15, 0.2) is 5.82 Å². The highest BCUT2D eigenvalue weighted by Gasteiger charge is 2.21. The minimum atomic E-state index is 0.272. The molecule has 1 aromatic carbocycles. The smallest absolute Gasteiger partial charge is 0.231 e. The molecule has 1 unspecified atom stereocenters. The first-order chi connectivity index (χ1) is 9.31. The average Bonchev–Trinajstić information content (AvgIpc) is 2.91. The fourth-order valence-electron chi connectivity index (χ4n) is 2.20. The number of aromatic hydroxyl groups is 1. The highest BCUT2D eigenvalue weighted by Crippen LogP contribution is 2.36. The normalized spacial score (nSPS) is 19.5. The number of phenols is 1. The molecule has 2 heterocycles. The summed E-state index contributed by atoms with van der Waals surface area (Å²) in [7, 11) is 0. The predicted molar refractivity (Wildman–Crippen MR) is 74.3 cm³/mol. The largest absolute Gasteiger partial charge is 0.508 e. The molecule has 1 atom stereocenters. The third-order valence-electron chi connectivity index (χ3n) is 3.24. The van der Waals surface area contributed by atoms with Gasteiger partial charge in [0, 0.05) is 0 Å². The van der Waals surface area contributed by atoms with Gasteiger partial charge in [0.2, 0.25) is 5.89 Å². The van der Waals surface area contributed by atoms with Crippen LogP contribution in [0.25, 0.3) is 0 Å². The lowest BCUT2D eigenvalue weighted by atomic mass is 10.1. The summed E-state index contributed by atoms with van der Waals surface area (Å²) in [4.78, 5) is 4.49. The summed E-state index contributed by atoms with van der Waals surface area (Å²) in [6.07, 6.45) is 4.30. The fraction of sp³-hybridized carbons (Fsp3) is 0.429. The Bertz CT molecular complexity index is 533. The van der Waals surface area contributed by atoms with Gasteiger partial charge in [0.05, 0.1) is 11.7 Å². The number of aromatic nitrogens is 2. The van der Waals surface area contributed by atoms with Crippen LogP contribution >= 0.6 is 11.8 Å². The molecule has 1 aliphatic rings. The van der Waals surface area contributed by atoms with Gasteiger partial charge in [-0.2, -0.15) is 16.7 Å². The summed E-state index contributed by atoms with van der Waals surface area (Å²) in [5.41, 5.74) is 1.06. The summed E-state index contributed by atoms with van der Waals surface area (Å²) in [6.45, 7) is 0. The number of phenolic OH excluding ortho intramolecular Hbond substituents is 1. The molecule has 0 aliphatic carbocycles. The molecule has 0 spiro atoms. The van der Waals surface area contributed by atoms with Crippen LogP contribution in [0, 0.1) is 0 Å². The molecule has 1 aromatic heterocycles. The van der Waals surface area contributed by atoms with Crippen molar-refractivity contribution in [3.8, 4) is 5.75 Å². The van der Waals surface area contributed by atoms with E-state index in [4.69, 9.17) is 4.52 Å². The van der Waals surface area contributed by atoms with E-state index in [1.807, 2.05) is 23.9 Å². The minimum Gasteiger partial charge on any atom is -0.508 e. The van der Waals surface area contributed by atoms with Crippen LogP contribution in [0.1, 0.15) is 41.8 Å². The van der Waals surface area contributed by atoms with Crippen LogP contribution in [-0.2, 0) is 6.42 Å². The average molecular weight is 276 g/mol. The molecule has 5 heteroatoms. The summed E-state index contributed by atoms with van der Waals surface area (Å²) < 4.78 is 5.32. The zero-order valence-corrected chi connectivity index (χ0v) is 11.4. The van der Waals surface area contributed by atoms with Crippen molar-refractivity contribution in [1.82, 2.24) is 10.1 Å². The predicted octanol–water partition coefficient (Wildman–Crippen LogP) is 3.32. The van der Waals surface area contributed by atoms with Gasteiger partial charge in [0.1, 0.15) is 5.75 Å². The van der Waals surface area contributed by atoms with Crippen LogP contribution in [-0.4, -0.2) is 21.0 Å². The second-order valence-electron chi connectivity index (χ2n) is 4.74. The minimum absolute atomic E-state index is 0.272. The quantitative estimate of drug-likeness (QED) is 0.931. The molecular weight excluding hydrogens is 260 g/mol. The molecule has 0 radical (unpaired) electrons. The van der Waals surface area contributed by atoms with Gasteiger partial charge < -0.3 is 9.63 Å². The maximum absolute atomic E-state index is 9.24. The van der Waals surface area contributed by atoms with E-state index in [2.05, 4.69) is 10.1 Å². The van der Waals surface area contributed by atoms with Crippen molar-refractivity contribution in [3.05, 3.63) is 41.5 Å². The Kier molecular flexibility index (Phi) is 3.73. The zero-order valence-electron chi connectivity index (χ0n) is 10.6. The molecule has 19 heavy (non-hydrogen) atoms. The number of rotatable bonds is 3. The van der Waals surface area contributed by atoms with Crippen molar-refractivity contribution in [3.63, 3.8) is 0 Å². The van der Waals surface area contributed by atoms with Gasteiger partial charge in [-0.3, -0.25) is 0 Å². The molecule has 1 fully saturated rings. The number of benzene rings is 1. The van der Waals surface area contributed by atoms with Gasteiger partial charge in [-0.1, -0.05) is 23.7 Å². The summed E-state index contributed by atoms with van der Waals surface area (Å²) in [5, 5.41) is 13.7. The molecule has 1 aliphatic heterocycles. The van der Waals surface area contributed by atoms with Crippen molar-refractivity contribution in [1.29, 1.82) is 0 Å². The van der Waals surface area contributed by atoms with Crippen molar-refractivity contribution >= 4 is 11.8 Å². The molecule has 4 nitrogen and oxygen atoms in total. The molecular formula is C14H16N2O2S. The van der Waals surface area contributed by atoms with E-state index in [1.165, 1.54) is 18.6 Å². The Morgan fingerprint density at radius 3 is 2.84 bits per heavy atom. The lowest BCUT2D eigenvalue weighted by molar-refractivity contribution is 0.378. The van der Waals surface area contributed by atoms with E-state index < -0.39 is 0 Å². The van der Waals surface area contributed by atoms with Crippen LogP contribution in [0.3, 0.4) is 0 Å². The molecule has 100 valence electrons. The number of hydrogen-bond donors (Lipinski definition) is 1. The molecule has 0 amide bonds. The highest BCUT2D eigenvalue weighted by atomic mass is 32.2. The first-order valence-electron chi connectivity index (χ1n) is 6.53. The molecule has 1 N–H and O–H groups in total. The van der Waals surface area contributed by atoms with E-state index in [-0.39, 0.29) is 5.75 Å². The maximum atomic E-state index is 9.24. The van der Waals surface area contributed by atoms with Gasteiger partial charge in [-0.25, -0.2) is 0 Å². The lowest BCUT2D eigenvalue weighted by Gasteiger charge is -2.17. The Balaban J connectivity index is 1.68. The van der Waals surface area contributed by atoms with Crippen LogP contribution < -0.4 is 0 Å². The van der Waals surface area contributed by atoms with Crippen molar-refractivity contribution < 1.29 is 9.63 Å². The fourth-order valence-corrected chi connectivity index (χ4v) is 3.44. The number of hydrogen-bond acceptors (Lipinski definition) is 5. The third-order valence-corrected chi connectivity index (χ3v) is 4.62. The van der Waals surface area contributed by atoms with Crippen LogP contribution in [0.15, 0.2) is 28.8 Å². The molecule has 1 saturated heterocycles. The zero-order chi connectivity index (χ0) is 13.1. The highest BCUT2D eigenvalue weighted by molar-refractivity contribution is 7.99. The summed E-state index contributed by atoms with van der Waals surface area (Å²) in [5.74, 6) is 2.94. The van der Waals surface area contributed by atoms with E-state index in [1.54, 1.807) is 12.1 Å². The Labute approximate surface area is 116 Å². The lowest BCUT2D eigenvalue weighted by Crippen LogP contribution is -2.03. The molecule has 2 aromatic rings. The first kappa shape index (κ1) is 12.5. The van der Waals surface area contributed by atoms with E-state index in [0.717, 1.165) is 17.8 Å². The second kappa shape index (κ2) is 5.65. The van der Waals surface area contributed by atoms with E-state index in [9.17, 15) is 5.11 Å². The summed E-state index contributed by atoms with van der Waals surface area (Å²) >= 11 is 1.92. The standard InChI is InChI=1S/C14H16N2O2S/c17-11-6-4-10(5-7-11)9-13-15-14(16-18-13)12-3-1-2-8-19-12/h4-7,12,17H,1-3,8-9H2. The number of nitrogens with zero attached hydrogens (tertiary/aromatic N) is 2. The van der Waals surface area contributed by atoms with Gasteiger partial charge in [0.25, 0.3) is 0 Å². The molecule has 3 rings (SSSR count). The molecule has 0 bridgehead atoms. The van der Waals surface area contributed by atoms with E-state index in [0.29, 0.717) is 17.6 Å². The SMILES string of the molecule is Oc1ccc(Cc2nc(C3CCCCS3)no2)cc1.